The van der Waals surface area contributed by atoms with Crippen LogP contribution >= 0.6 is 0 Å². The molecule has 0 spiro atoms. The van der Waals surface area contributed by atoms with E-state index in [0.29, 0.717) is 19.3 Å². The molecule has 3 rings (SSSR count). The van der Waals surface area contributed by atoms with E-state index in [-0.39, 0.29) is 30.0 Å². The topological polar surface area (TPSA) is 90.5 Å². The second-order valence-electron chi connectivity index (χ2n) is 6.44. The monoisotopic (exact) mass is 317 g/mol. The Morgan fingerprint density at radius 1 is 1.04 bits per heavy atom. The minimum Gasteiger partial charge on any atom is -0.481 e. The summed E-state index contributed by atoms with van der Waals surface area (Å²) >= 11 is 0. The molecule has 1 aromatic rings. The molecule has 0 bridgehead atoms. The van der Waals surface area contributed by atoms with Crippen LogP contribution in [0.15, 0.2) is 30.3 Å². The van der Waals surface area contributed by atoms with Gasteiger partial charge in [0.15, 0.2) is 0 Å². The molecule has 2 fully saturated rings. The quantitative estimate of drug-likeness (QED) is 0.673. The van der Waals surface area contributed by atoms with Crippen molar-refractivity contribution in [2.75, 3.05) is 0 Å². The standard InChI is InChI=1S/C17H23N3O3/c21-16(18-13-8-6-12(7-9-13)17(22)23)15-10-14(19-20-15)11-4-2-1-3-5-11/h1-5,12-15,19-20H,6-10H2,(H,18,21)(H,22,23). The first-order valence-electron chi connectivity index (χ1n) is 8.22. The third-order valence-corrected chi connectivity index (χ3v) is 4.84. The van der Waals surface area contributed by atoms with Gasteiger partial charge in [0.1, 0.15) is 6.04 Å². The van der Waals surface area contributed by atoms with Gasteiger partial charge in [0.2, 0.25) is 5.91 Å². The number of benzene rings is 1. The number of nitrogens with one attached hydrogen (secondary N) is 3. The maximum atomic E-state index is 12.4. The van der Waals surface area contributed by atoms with E-state index < -0.39 is 5.97 Å². The Morgan fingerprint density at radius 2 is 1.74 bits per heavy atom. The van der Waals surface area contributed by atoms with Gasteiger partial charge < -0.3 is 10.4 Å². The highest BCUT2D eigenvalue weighted by Crippen LogP contribution is 2.25. The van der Waals surface area contributed by atoms with Crippen LogP contribution in [-0.2, 0) is 9.59 Å². The lowest BCUT2D eigenvalue weighted by molar-refractivity contribution is -0.142. The van der Waals surface area contributed by atoms with E-state index in [1.165, 1.54) is 0 Å². The second kappa shape index (κ2) is 7.10. The Labute approximate surface area is 135 Å². The van der Waals surface area contributed by atoms with E-state index in [1.54, 1.807) is 0 Å². The van der Waals surface area contributed by atoms with Crippen molar-refractivity contribution < 1.29 is 14.7 Å². The van der Waals surface area contributed by atoms with Crippen LogP contribution in [0.3, 0.4) is 0 Å². The van der Waals surface area contributed by atoms with Gasteiger partial charge in [-0.25, -0.2) is 10.9 Å². The molecule has 1 amide bonds. The zero-order valence-corrected chi connectivity index (χ0v) is 13.0. The maximum absolute atomic E-state index is 12.4. The van der Waals surface area contributed by atoms with Crippen LogP contribution in [0.1, 0.15) is 43.7 Å². The number of carboxylic acid groups (broad SMARTS) is 1. The van der Waals surface area contributed by atoms with Gasteiger partial charge in [-0.15, -0.1) is 0 Å². The number of hydrogen-bond donors (Lipinski definition) is 4. The summed E-state index contributed by atoms with van der Waals surface area (Å²) in [6, 6.07) is 10.0. The normalized spacial score (nSPS) is 30.8. The molecular weight excluding hydrogens is 294 g/mol. The number of amides is 1. The van der Waals surface area contributed by atoms with Gasteiger partial charge in [-0.3, -0.25) is 9.59 Å². The number of hydrogen-bond acceptors (Lipinski definition) is 4. The van der Waals surface area contributed by atoms with Crippen molar-refractivity contribution in [1.82, 2.24) is 16.2 Å². The molecule has 2 atom stereocenters. The molecule has 1 saturated carbocycles. The molecule has 1 aromatic carbocycles. The number of rotatable bonds is 4. The lowest BCUT2D eigenvalue weighted by Crippen LogP contribution is -2.48. The first-order valence-corrected chi connectivity index (χ1v) is 8.22. The molecule has 6 heteroatoms. The summed E-state index contributed by atoms with van der Waals surface area (Å²) < 4.78 is 0. The largest absolute Gasteiger partial charge is 0.481 e. The summed E-state index contributed by atoms with van der Waals surface area (Å²) in [4.78, 5) is 23.3. The molecule has 0 aromatic heterocycles. The van der Waals surface area contributed by atoms with Crippen molar-refractivity contribution in [2.24, 2.45) is 5.92 Å². The van der Waals surface area contributed by atoms with Crippen LogP contribution < -0.4 is 16.2 Å². The van der Waals surface area contributed by atoms with E-state index in [9.17, 15) is 9.59 Å². The second-order valence-corrected chi connectivity index (χ2v) is 6.44. The van der Waals surface area contributed by atoms with E-state index in [0.717, 1.165) is 18.4 Å². The molecule has 1 heterocycles. The number of carbonyl (C=O) groups excluding carboxylic acids is 1. The summed E-state index contributed by atoms with van der Waals surface area (Å²) in [7, 11) is 0. The lowest BCUT2D eigenvalue weighted by Gasteiger charge is -2.27. The average molecular weight is 317 g/mol. The number of carboxylic acids is 1. The van der Waals surface area contributed by atoms with Gasteiger partial charge in [0.05, 0.1) is 5.92 Å². The molecule has 1 aliphatic carbocycles. The highest BCUT2D eigenvalue weighted by atomic mass is 16.4. The third-order valence-electron chi connectivity index (χ3n) is 4.84. The molecule has 4 N–H and O–H groups in total. The lowest BCUT2D eigenvalue weighted by atomic mass is 9.86. The summed E-state index contributed by atoms with van der Waals surface area (Å²) in [5.41, 5.74) is 7.40. The van der Waals surface area contributed by atoms with Gasteiger partial charge in [-0.2, -0.15) is 0 Å². The number of carbonyl (C=O) groups is 2. The smallest absolute Gasteiger partial charge is 0.306 e. The van der Waals surface area contributed by atoms with E-state index in [2.05, 4.69) is 16.2 Å². The van der Waals surface area contributed by atoms with Crippen LogP contribution in [0.2, 0.25) is 0 Å². The van der Waals surface area contributed by atoms with Gasteiger partial charge in [0.25, 0.3) is 0 Å². The summed E-state index contributed by atoms with van der Waals surface area (Å²) in [6.07, 6.45) is 3.47. The highest BCUT2D eigenvalue weighted by Gasteiger charge is 2.32. The van der Waals surface area contributed by atoms with Gasteiger partial charge in [-0.1, -0.05) is 30.3 Å². The van der Waals surface area contributed by atoms with Crippen LogP contribution in [0.5, 0.6) is 0 Å². The zero-order chi connectivity index (χ0) is 16.2. The predicted molar refractivity (Wildman–Crippen MR) is 85.4 cm³/mol. The molecule has 0 radical (unpaired) electrons. The minimum atomic E-state index is -0.720. The molecule has 6 nitrogen and oxygen atoms in total. The van der Waals surface area contributed by atoms with Gasteiger partial charge in [0, 0.05) is 12.1 Å². The van der Waals surface area contributed by atoms with E-state index in [1.807, 2.05) is 30.3 Å². The van der Waals surface area contributed by atoms with Crippen molar-refractivity contribution in [1.29, 1.82) is 0 Å². The summed E-state index contributed by atoms with van der Waals surface area (Å²) in [5, 5.41) is 12.1. The van der Waals surface area contributed by atoms with Crippen molar-refractivity contribution in [3.05, 3.63) is 35.9 Å². The molecule has 2 unspecified atom stereocenters. The Hall–Kier alpha value is -1.92. The van der Waals surface area contributed by atoms with Crippen LogP contribution in [0, 0.1) is 5.92 Å². The average Bonchev–Trinajstić information content (AvgIpc) is 3.06. The first-order chi connectivity index (χ1) is 11.1. The Kier molecular flexibility index (Phi) is 4.93. The fourth-order valence-electron chi connectivity index (χ4n) is 3.42. The summed E-state index contributed by atoms with van der Waals surface area (Å²) in [6.45, 7) is 0. The zero-order valence-electron chi connectivity index (χ0n) is 13.0. The molecule has 2 aliphatic rings. The molecule has 23 heavy (non-hydrogen) atoms. The minimum absolute atomic E-state index is 0.00490. The van der Waals surface area contributed by atoms with Gasteiger partial charge in [-0.05, 0) is 37.7 Å². The maximum Gasteiger partial charge on any atom is 0.306 e. The fraction of sp³-hybridized carbons (Fsp3) is 0.529. The van der Waals surface area contributed by atoms with Crippen molar-refractivity contribution in [2.45, 2.75) is 50.2 Å². The van der Waals surface area contributed by atoms with Crippen LogP contribution in [0.4, 0.5) is 0 Å². The Morgan fingerprint density at radius 3 is 2.39 bits per heavy atom. The first kappa shape index (κ1) is 16.0. The van der Waals surface area contributed by atoms with E-state index in [4.69, 9.17) is 5.11 Å². The van der Waals surface area contributed by atoms with Crippen molar-refractivity contribution in [3.63, 3.8) is 0 Å². The Balaban J connectivity index is 1.47. The van der Waals surface area contributed by atoms with Crippen LogP contribution in [0.25, 0.3) is 0 Å². The van der Waals surface area contributed by atoms with Crippen LogP contribution in [-0.4, -0.2) is 29.1 Å². The molecular formula is C17H23N3O3. The summed E-state index contributed by atoms with van der Waals surface area (Å²) in [5.74, 6) is -0.978. The fourth-order valence-corrected chi connectivity index (χ4v) is 3.42. The number of hydrazine groups is 1. The van der Waals surface area contributed by atoms with Crippen molar-refractivity contribution in [3.8, 4) is 0 Å². The third kappa shape index (κ3) is 3.89. The Bertz CT molecular complexity index is 555. The highest BCUT2D eigenvalue weighted by molar-refractivity contribution is 5.82. The van der Waals surface area contributed by atoms with E-state index >= 15 is 0 Å². The van der Waals surface area contributed by atoms with Crippen molar-refractivity contribution >= 4 is 11.9 Å². The predicted octanol–water partition coefficient (Wildman–Crippen LogP) is 1.35. The molecule has 1 saturated heterocycles. The molecule has 1 aliphatic heterocycles. The SMILES string of the molecule is O=C(O)C1CCC(NC(=O)C2CC(c3ccccc3)NN2)CC1. The van der Waals surface area contributed by atoms with Gasteiger partial charge >= 0.3 is 5.97 Å². The number of aliphatic carboxylic acids is 1. The molecule has 124 valence electrons.